The Morgan fingerprint density at radius 3 is 2.55 bits per heavy atom. The van der Waals surface area contributed by atoms with Gasteiger partial charge >= 0.3 is 5.97 Å². The van der Waals surface area contributed by atoms with Crippen molar-refractivity contribution in [3.05, 3.63) is 28.3 Å². The summed E-state index contributed by atoms with van der Waals surface area (Å²) < 4.78 is 9.41. The van der Waals surface area contributed by atoms with Crippen LogP contribution in [-0.4, -0.2) is 31.0 Å². The van der Waals surface area contributed by atoms with E-state index in [1.165, 1.54) is 32.4 Å². The average molecular weight is 282 g/mol. The molecule has 0 aliphatic heterocycles. The summed E-state index contributed by atoms with van der Waals surface area (Å²) in [6, 6.07) is 3.84. The van der Waals surface area contributed by atoms with Crippen molar-refractivity contribution in [1.82, 2.24) is 0 Å². The molecular formula is C12H14N2O6. The lowest BCUT2D eigenvalue weighted by Crippen LogP contribution is -2.14. The van der Waals surface area contributed by atoms with Crippen LogP contribution in [0.4, 0.5) is 11.4 Å². The molecule has 0 aliphatic carbocycles. The number of nitrogens with one attached hydrogen (secondary N) is 1. The van der Waals surface area contributed by atoms with Crippen LogP contribution >= 0.6 is 0 Å². The van der Waals surface area contributed by atoms with Gasteiger partial charge in [0, 0.05) is 18.6 Å². The van der Waals surface area contributed by atoms with Crippen molar-refractivity contribution in [2.24, 2.45) is 0 Å². The molecule has 108 valence electrons. The molecule has 0 saturated heterocycles. The Hall–Kier alpha value is -2.64. The molecule has 20 heavy (non-hydrogen) atoms. The Kier molecular flexibility index (Phi) is 5.45. The van der Waals surface area contributed by atoms with E-state index >= 15 is 0 Å². The van der Waals surface area contributed by atoms with Crippen LogP contribution in [0, 0.1) is 10.1 Å². The fourth-order valence-electron chi connectivity index (χ4n) is 1.44. The zero-order chi connectivity index (χ0) is 15.1. The van der Waals surface area contributed by atoms with Crippen LogP contribution in [0.25, 0.3) is 0 Å². The van der Waals surface area contributed by atoms with Gasteiger partial charge in [-0.05, 0) is 6.07 Å². The molecule has 1 rings (SSSR count). The van der Waals surface area contributed by atoms with E-state index in [0.717, 1.165) is 0 Å². The third kappa shape index (κ3) is 4.23. The molecule has 0 radical (unpaired) electrons. The molecule has 0 bridgehead atoms. The number of carbonyl (C=O) groups is 2. The Morgan fingerprint density at radius 2 is 2.00 bits per heavy atom. The normalized spacial score (nSPS) is 9.70. The molecule has 0 unspecified atom stereocenters. The number of benzene rings is 1. The van der Waals surface area contributed by atoms with Gasteiger partial charge in [0.1, 0.15) is 5.75 Å². The highest BCUT2D eigenvalue weighted by molar-refractivity contribution is 5.94. The van der Waals surface area contributed by atoms with Crippen LogP contribution in [0.15, 0.2) is 18.2 Å². The highest BCUT2D eigenvalue weighted by Gasteiger charge is 2.14. The van der Waals surface area contributed by atoms with Gasteiger partial charge in [0.05, 0.1) is 31.3 Å². The number of carbonyl (C=O) groups excluding carboxylic acids is 2. The molecule has 1 aromatic carbocycles. The first-order valence-electron chi connectivity index (χ1n) is 5.67. The van der Waals surface area contributed by atoms with E-state index in [1.54, 1.807) is 0 Å². The van der Waals surface area contributed by atoms with Gasteiger partial charge in [0.15, 0.2) is 0 Å². The van der Waals surface area contributed by atoms with Crippen molar-refractivity contribution in [3.63, 3.8) is 0 Å². The minimum Gasteiger partial charge on any atom is -0.495 e. The lowest BCUT2D eigenvalue weighted by molar-refractivity contribution is -0.384. The second-order valence-electron chi connectivity index (χ2n) is 3.77. The van der Waals surface area contributed by atoms with Gasteiger partial charge in [0.25, 0.3) is 5.69 Å². The average Bonchev–Trinajstić information content (AvgIpc) is 2.44. The van der Waals surface area contributed by atoms with Crippen LogP contribution in [0.3, 0.4) is 0 Å². The van der Waals surface area contributed by atoms with Crippen LogP contribution in [-0.2, 0) is 14.3 Å². The minimum atomic E-state index is -0.580. The molecule has 0 atom stereocenters. The highest BCUT2D eigenvalue weighted by atomic mass is 16.6. The standard InChI is InChI=1S/C12H14N2O6/c1-19-10-4-3-8(14(17)18)7-9(10)13-11(15)5-6-12(16)20-2/h3-4,7H,5-6H2,1-2H3,(H,13,15). The van der Waals surface area contributed by atoms with Gasteiger partial charge in [-0.15, -0.1) is 0 Å². The van der Waals surface area contributed by atoms with Gasteiger partial charge in [-0.2, -0.15) is 0 Å². The second kappa shape index (κ2) is 7.07. The largest absolute Gasteiger partial charge is 0.495 e. The lowest BCUT2D eigenvalue weighted by atomic mass is 10.2. The number of esters is 1. The van der Waals surface area contributed by atoms with E-state index in [-0.39, 0.29) is 24.2 Å². The molecule has 0 aromatic heterocycles. The maximum atomic E-state index is 11.6. The monoisotopic (exact) mass is 282 g/mol. The third-order valence-corrected chi connectivity index (χ3v) is 2.45. The predicted octanol–water partition coefficient (Wildman–Crippen LogP) is 1.50. The Labute approximate surface area is 114 Å². The first kappa shape index (κ1) is 15.4. The number of nitro groups is 1. The van der Waals surface area contributed by atoms with E-state index < -0.39 is 16.8 Å². The van der Waals surface area contributed by atoms with Crippen molar-refractivity contribution in [1.29, 1.82) is 0 Å². The van der Waals surface area contributed by atoms with Gasteiger partial charge in [-0.1, -0.05) is 0 Å². The van der Waals surface area contributed by atoms with E-state index in [9.17, 15) is 19.7 Å². The van der Waals surface area contributed by atoms with Gasteiger partial charge < -0.3 is 14.8 Å². The molecular weight excluding hydrogens is 268 g/mol. The number of methoxy groups -OCH3 is 2. The van der Waals surface area contributed by atoms with Crippen molar-refractivity contribution in [2.75, 3.05) is 19.5 Å². The molecule has 0 aliphatic rings. The Morgan fingerprint density at radius 1 is 1.30 bits per heavy atom. The van der Waals surface area contributed by atoms with E-state index in [4.69, 9.17) is 4.74 Å². The lowest BCUT2D eigenvalue weighted by Gasteiger charge is -2.09. The molecule has 1 amide bonds. The number of hydrogen-bond acceptors (Lipinski definition) is 6. The van der Waals surface area contributed by atoms with Crippen molar-refractivity contribution in [3.8, 4) is 5.75 Å². The quantitative estimate of drug-likeness (QED) is 0.481. The van der Waals surface area contributed by atoms with Crippen molar-refractivity contribution >= 4 is 23.3 Å². The maximum Gasteiger partial charge on any atom is 0.306 e. The zero-order valence-corrected chi connectivity index (χ0v) is 11.0. The van der Waals surface area contributed by atoms with Crippen LogP contribution in [0.5, 0.6) is 5.75 Å². The maximum absolute atomic E-state index is 11.6. The number of non-ortho nitro benzene ring substituents is 1. The summed E-state index contributed by atoms with van der Waals surface area (Å²) in [6.07, 6.45) is -0.155. The summed E-state index contributed by atoms with van der Waals surface area (Å²) in [5.41, 5.74) is 0.00522. The first-order valence-corrected chi connectivity index (χ1v) is 5.67. The van der Waals surface area contributed by atoms with Gasteiger partial charge in [0.2, 0.25) is 5.91 Å². The van der Waals surface area contributed by atoms with Crippen molar-refractivity contribution in [2.45, 2.75) is 12.8 Å². The van der Waals surface area contributed by atoms with Crippen LogP contribution < -0.4 is 10.1 Å². The Balaban J connectivity index is 2.79. The van der Waals surface area contributed by atoms with E-state index in [1.807, 2.05) is 0 Å². The fourth-order valence-corrected chi connectivity index (χ4v) is 1.44. The highest BCUT2D eigenvalue weighted by Crippen LogP contribution is 2.28. The number of amides is 1. The molecule has 0 fully saturated rings. The number of nitrogens with zero attached hydrogens (tertiary/aromatic N) is 1. The molecule has 0 saturated carbocycles. The second-order valence-corrected chi connectivity index (χ2v) is 3.77. The summed E-state index contributed by atoms with van der Waals surface area (Å²) >= 11 is 0. The van der Waals surface area contributed by atoms with Crippen LogP contribution in [0.2, 0.25) is 0 Å². The molecule has 0 spiro atoms. The third-order valence-electron chi connectivity index (χ3n) is 2.45. The molecule has 1 N–H and O–H groups in total. The smallest absolute Gasteiger partial charge is 0.306 e. The number of ether oxygens (including phenoxy) is 2. The number of nitro benzene ring substituents is 1. The summed E-state index contributed by atoms with van der Waals surface area (Å²) in [7, 11) is 2.61. The summed E-state index contributed by atoms with van der Waals surface area (Å²) in [5, 5.41) is 13.1. The van der Waals surface area contributed by atoms with Gasteiger partial charge in [-0.3, -0.25) is 19.7 Å². The van der Waals surface area contributed by atoms with Crippen LogP contribution in [0.1, 0.15) is 12.8 Å². The topological polar surface area (TPSA) is 108 Å². The molecule has 1 aromatic rings. The fraction of sp³-hybridized carbons (Fsp3) is 0.333. The van der Waals surface area contributed by atoms with E-state index in [2.05, 4.69) is 10.1 Å². The van der Waals surface area contributed by atoms with E-state index in [0.29, 0.717) is 5.75 Å². The first-order chi connectivity index (χ1) is 9.47. The molecule has 8 nitrogen and oxygen atoms in total. The predicted molar refractivity (Wildman–Crippen MR) is 69.5 cm³/mol. The Bertz CT molecular complexity index is 529. The summed E-state index contributed by atoms with van der Waals surface area (Å²) in [5.74, 6) is -0.678. The molecule has 8 heteroatoms. The summed E-state index contributed by atoms with van der Waals surface area (Å²) in [4.78, 5) is 32.7. The summed E-state index contributed by atoms with van der Waals surface area (Å²) in [6.45, 7) is 0. The van der Waals surface area contributed by atoms with Gasteiger partial charge in [-0.25, -0.2) is 0 Å². The molecule has 0 heterocycles. The zero-order valence-electron chi connectivity index (χ0n) is 11.0. The number of hydrogen-bond donors (Lipinski definition) is 1. The number of anilines is 1. The van der Waals surface area contributed by atoms with Crippen molar-refractivity contribution < 1.29 is 24.0 Å². The SMILES string of the molecule is COC(=O)CCC(=O)Nc1cc([N+](=O)[O-])ccc1OC. The number of rotatable bonds is 6. The minimum absolute atomic E-state index is 0.0699.